The molecule has 0 saturated carbocycles. The lowest BCUT2D eigenvalue weighted by Crippen LogP contribution is -2.50. The number of nitrogens with zero attached hydrogens (tertiary/aromatic N) is 4. The average Bonchev–Trinajstić information content (AvgIpc) is 3.46. The normalized spacial score (nSPS) is 17.2. The summed E-state index contributed by atoms with van der Waals surface area (Å²) < 4.78 is 12.3. The molecule has 1 heterocycles. The fourth-order valence-corrected chi connectivity index (χ4v) is 5.31. The molecule has 1 aliphatic heterocycles. The van der Waals surface area contributed by atoms with Gasteiger partial charge in [0.1, 0.15) is 5.75 Å². The summed E-state index contributed by atoms with van der Waals surface area (Å²) in [5, 5.41) is 16.0. The number of amides is 1. The van der Waals surface area contributed by atoms with E-state index in [0.29, 0.717) is 43.2 Å². The van der Waals surface area contributed by atoms with Gasteiger partial charge < -0.3 is 19.9 Å². The first-order valence-corrected chi connectivity index (χ1v) is 14.7. The van der Waals surface area contributed by atoms with Crippen LogP contribution in [0.1, 0.15) is 40.3 Å². The molecular weight excluding hydrogens is 554 g/mol. The minimum atomic E-state index is -1.35. The molecule has 1 aliphatic rings. The Morgan fingerprint density at radius 1 is 0.955 bits per heavy atom. The number of ether oxygens (including phenoxy) is 2. The lowest BCUT2D eigenvalue weighted by molar-refractivity contribution is -0.128. The van der Waals surface area contributed by atoms with Crippen LogP contribution in [0.5, 0.6) is 5.75 Å². The van der Waals surface area contributed by atoms with Crippen molar-refractivity contribution in [3.8, 4) is 5.75 Å². The third kappa shape index (κ3) is 7.26. The van der Waals surface area contributed by atoms with Gasteiger partial charge in [0.2, 0.25) is 5.90 Å². The number of aliphatic imine (C=N–C) groups is 1. The number of azide groups is 1. The Kier molecular flexibility index (Phi) is 10.3. The lowest BCUT2D eigenvalue weighted by atomic mass is 9.81. The van der Waals surface area contributed by atoms with Crippen LogP contribution in [0.2, 0.25) is 0 Å². The SMILES string of the molecule is [N-]=[N+]=NCc1ccccc1C[C@@]1(C(=O)NCCc2ccccc2)N=C(c2ccc(OCCCO)cc2)O[C@@H]1c1ccccc1. The third-order valence-electron chi connectivity index (χ3n) is 7.56. The number of benzene rings is 4. The Bertz CT molecular complexity index is 1610. The molecule has 5 rings (SSSR count). The van der Waals surface area contributed by atoms with Crippen molar-refractivity contribution in [1.82, 2.24) is 5.32 Å². The fourth-order valence-electron chi connectivity index (χ4n) is 5.31. The van der Waals surface area contributed by atoms with Gasteiger partial charge in [-0.15, -0.1) is 0 Å². The van der Waals surface area contributed by atoms with Gasteiger partial charge >= 0.3 is 0 Å². The van der Waals surface area contributed by atoms with E-state index in [1.807, 2.05) is 109 Å². The largest absolute Gasteiger partial charge is 0.494 e. The van der Waals surface area contributed by atoms with Gasteiger partial charge in [0.05, 0.1) is 13.2 Å². The van der Waals surface area contributed by atoms with Crippen LogP contribution < -0.4 is 10.1 Å². The molecule has 0 fully saturated rings. The van der Waals surface area contributed by atoms with Gasteiger partial charge in [-0.2, -0.15) is 0 Å². The van der Waals surface area contributed by atoms with E-state index in [9.17, 15) is 4.79 Å². The van der Waals surface area contributed by atoms with Crippen LogP contribution in [0.15, 0.2) is 119 Å². The van der Waals surface area contributed by atoms with Crippen molar-refractivity contribution in [2.45, 2.75) is 37.5 Å². The van der Waals surface area contributed by atoms with E-state index in [2.05, 4.69) is 15.3 Å². The zero-order chi connectivity index (χ0) is 30.6. The maximum atomic E-state index is 14.4. The zero-order valence-corrected chi connectivity index (χ0v) is 24.4. The summed E-state index contributed by atoms with van der Waals surface area (Å²) in [7, 11) is 0. The summed E-state index contributed by atoms with van der Waals surface area (Å²) >= 11 is 0. The van der Waals surface area contributed by atoms with Crippen LogP contribution >= 0.6 is 0 Å². The molecule has 0 saturated heterocycles. The van der Waals surface area contributed by atoms with Crippen molar-refractivity contribution in [2.75, 3.05) is 19.8 Å². The summed E-state index contributed by atoms with van der Waals surface area (Å²) in [6.07, 6.45) is 0.719. The van der Waals surface area contributed by atoms with Crippen LogP contribution in [0.25, 0.3) is 10.4 Å². The van der Waals surface area contributed by atoms with E-state index in [4.69, 9.17) is 25.1 Å². The molecule has 9 heteroatoms. The van der Waals surface area contributed by atoms with Gasteiger partial charge in [0.25, 0.3) is 5.91 Å². The number of aliphatic hydroxyl groups excluding tert-OH is 1. The number of rotatable bonds is 14. The standard InChI is InChI=1S/C35H35N5O4/c36-40-38-25-30-15-8-7-14-29(30)24-35(34(42)37-21-20-26-10-3-1-4-11-26)32(27-12-5-2-6-13-27)44-33(39-35)28-16-18-31(19-17-28)43-23-9-22-41/h1-8,10-19,32,41H,9,20-25H2,(H,37,42)/t32-,35-/m1/s1. The van der Waals surface area contributed by atoms with Crippen molar-refractivity contribution in [1.29, 1.82) is 0 Å². The van der Waals surface area contributed by atoms with Gasteiger partial charge in [-0.25, -0.2) is 4.99 Å². The van der Waals surface area contributed by atoms with Crippen LogP contribution in [0.4, 0.5) is 0 Å². The molecule has 4 aromatic carbocycles. The zero-order valence-electron chi connectivity index (χ0n) is 24.4. The molecule has 1 amide bonds. The topological polar surface area (TPSA) is 129 Å². The Morgan fingerprint density at radius 2 is 1.64 bits per heavy atom. The average molecular weight is 590 g/mol. The molecule has 0 bridgehead atoms. The Morgan fingerprint density at radius 3 is 2.34 bits per heavy atom. The van der Waals surface area contributed by atoms with Crippen LogP contribution in [0, 0.1) is 0 Å². The van der Waals surface area contributed by atoms with Crippen LogP contribution in [-0.2, 0) is 28.9 Å². The monoisotopic (exact) mass is 589 g/mol. The molecule has 0 aliphatic carbocycles. The molecule has 0 radical (unpaired) electrons. The highest BCUT2D eigenvalue weighted by atomic mass is 16.5. The van der Waals surface area contributed by atoms with Crippen LogP contribution in [-0.4, -0.2) is 42.2 Å². The van der Waals surface area contributed by atoms with E-state index in [1.165, 1.54) is 0 Å². The van der Waals surface area contributed by atoms with Crippen molar-refractivity contribution in [3.05, 3.63) is 147 Å². The summed E-state index contributed by atoms with van der Waals surface area (Å²) in [6.45, 7) is 1.05. The fraction of sp³-hybridized carbons (Fsp3) is 0.257. The number of aliphatic hydroxyl groups is 1. The molecule has 0 unspecified atom stereocenters. The predicted octanol–water partition coefficient (Wildman–Crippen LogP) is 6.12. The number of carbonyl (C=O) groups excluding carboxylic acids is 1. The Balaban J connectivity index is 1.54. The Hall–Kier alpha value is -5.11. The molecule has 9 nitrogen and oxygen atoms in total. The lowest BCUT2D eigenvalue weighted by Gasteiger charge is -2.31. The minimum Gasteiger partial charge on any atom is -0.494 e. The molecule has 44 heavy (non-hydrogen) atoms. The predicted molar refractivity (Wildman–Crippen MR) is 169 cm³/mol. The van der Waals surface area contributed by atoms with Crippen molar-refractivity contribution in [2.24, 2.45) is 10.1 Å². The number of hydrogen-bond donors (Lipinski definition) is 2. The smallest absolute Gasteiger partial charge is 0.252 e. The van der Waals surface area contributed by atoms with Gasteiger partial charge in [-0.1, -0.05) is 90.0 Å². The second kappa shape index (κ2) is 14.9. The highest BCUT2D eigenvalue weighted by Crippen LogP contribution is 2.43. The van der Waals surface area contributed by atoms with E-state index in [0.717, 1.165) is 22.3 Å². The maximum Gasteiger partial charge on any atom is 0.252 e. The van der Waals surface area contributed by atoms with Gasteiger partial charge in [-0.3, -0.25) is 4.79 Å². The second-order valence-electron chi connectivity index (χ2n) is 10.5. The summed E-state index contributed by atoms with van der Waals surface area (Å²) in [5.74, 6) is 0.767. The van der Waals surface area contributed by atoms with E-state index in [-0.39, 0.29) is 25.5 Å². The van der Waals surface area contributed by atoms with E-state index < -0.39 is 11.6 Å². The Labute approximate surface area is 256 Å². The molecule has 2 atom stereocenters. The number of carbonyl (C=O) groups is 1. The van der Waals surface area contributed by atoms with Gasteiger partial charge in [0.15, 0.2) is 11.6 Å². The van der Waals surface area contributed by atoms with E-state index in [1.54, 1.807) is 0 Å². The van der Waals surface area contributed by atoms with Crippen molar-refractivity contribution < 1.29 is 19.4 Å². The van der Waals surface area contributed by atoms with Crippen molar-refractivity contribution in [3.63, 3.8) is 0 Å². The van der Waals surface area contributed by atoms with Crippen LogP contribution in [0.3, 0.4) is 0 Å². The molecule has 4 aromatic rings. The van der Waals surface area contributed by atoms with Gasteiger partial charge in [-0.05, 0) is 58.5 Å². The molecular formula is C35H35N5O4. The number of nitrogens with one attached hydrogen (secondary N) is 1. The summed E-state index contributed by atoms with van der Waals surface area (Å²) in [4.78, 5) is 22.5. The molecule has 224 valence electrons. The highest BCUT2D eigenvalue weighted by molar-refractivity contribution is 6.01. The molecule has 2 N–H and O–H groups in total. The van der Waals surface area contributed by atoms with Gasteiger partial charge in [0, 0.05) is 36.5 Å². The molecule has 0 aromatic heterocycles. The maximum absolute atomic E-state index is 14.4. The quantitative estimate of drug-likeness (QED) is 0.0795. The van der Waals surface area contributed by atoms with Crippen molar-refractivity contribution >= 4 is 11.8 Å². The first-order valence-electron chi connectivity index (χ1n) is 14.7. The first-order chi connectivity index (χ1) is 21.6. The third-order valence-corrected chi connectivity index (χ3v) is 7.56. The highest BCUT2D eigenvalue weighted by Gasteiger charge is 2.53. The summed E-state index contributed by atoms with van der Waals surface area (Å²) in [5.41, 5.74) is 12.0. The molecule has 0 spiro atoms. The van der Waals surface area contributed by atoms with E-state index >= 15 is 0 Å². The second-order valence-corrected chi connectivity index (χ2v) is 10.5. The minimum absolute atomic E-state index is 0.0606. The first kappa shape index (κ1) is 30.4. The summed E-state index contributed by atoms with van der Waals surface area (Å²) in [6, 6.07) is 34.6. The number of hydrogen-bond acceptors (Lipinski definition) is 6.